The quantitative estimate of drug-likeness (QED) is 0.811. The van der Waals surface area contributed by atoms with Gasteiger partial charge in [-0.15, -0.1) is 10.2 Å². The van der Waals surface area contributed by atoms with Crippen LogP contribution in [0.5, 0.6) is 5.88 Å². The van der Waals surface area contributed by atoms with Crippen molar-refractivity contribution in [2.75, 3.05) is 19.4 Å². The normalized spacial score (nSPS) is 11.3. The molecule has 1 aromatic heterocycles. The van der Waals surface area contributed by atoms with Gasteiger partial charge in [-0.05, 0) is 30.3 Å². The Kier molecular flexibility index (Phi) is 4.81. The molecule has 0 unspecified atom stereocenters. The van der Waals surface area contributed by atoms with Gasteiger partial charge in [0.25, 0.3) is 0 Å². The Morgan fingerprint density at radius 3 is 2.43 bits per heavy atom. The van der Waals surface area contributed by atoms with Gasteiger partial charge in [0, 0.05) is 18.2 Å². The zero-order valence-corrected chi connectivity index (χ0v) is 12.1. The largest absolute Gasteiger partial charge is 0.475 e. The van der Waals surface area contributed by atoms with Crippen molar-refractivity contribution in [3.63, 3.8) is 0 Å². The molecule has 0 aliphatic heterocycles. The van der Waals surface area contributed by atoms with Gasteiger partial charge in [0.1, 0.15) is 12.4 Å². The molecule has 21 heavy (non-hydrogen) atoms. The van der Waals surface area contributed by atoms with Gasteiger partial charge in [-0.3, -0.25) is 0 Å². The predicted molar refractivity (Wildman–Crippen MR) is 75.8 cm³/mol. The van der Waals surface area contributed by atoms with Crippen LogP contribution in [0.25, 0.3) is 11.3 Å². The third-order valence-corrected chi connectivity index (χ3v) is 3.22. The van der Waals surface area contributed by atoms with Crippen molar-refractivity contribution in [1.82, 2.24) is 14.9 Å². The van der Waals surface area contributed by atoms with Crippen LogP contribution in [0.1, 0.15) is 0 Å². The second-order valence-electron chi connectivity index (χ2n) is 4.28. The van der Waals surface area contributed by atoms with Gasteiger partial charge in [0.15, 0.2) is 0 Å². The lowest BCUT2D eigenvalue weighted by Crippen LogP contribution is -2.27. The van der Waals surface area contributed by atoms with E-state index in [0.29, 0.717) is 5.69 Å². The Morgan fingerprint density at radius 2 is 1.86 bits per heavy atom. The number of sulfonamides is 1. The number of halogens is 1. The maximum absolute atomic E-state index is 12.8. The lowest BCUT2D eigenvalue weighted by atomic mass is 10.1. The summed E-state index contributed by atoms with van der Waals surface area (Å²) in [6.45, 7) is 0.303. The minimum Gasteiger partial charge on any atom is -0.475 e. The Balaban J connectivity index is 1.91. The molecule has 1 N–H and O–H groups in total. The first-order chi connectivity index (χ1) is 9.94. The highest BCUT2D eigenvalue weighted by molar-refractivity contribution is 7.88. The van der Waals surface area contributed by atoms with Gasteiger partial charge < -0.3 is 4.74 Å². The molecule has 0 aliphatic carbocycles. The fourth-order valence-electron chi connectivity index (χ4n) is 1.55. The monoisotopic (exact) mass is 311 g/mol. The third kappa shape index (κ3) is 5.09. The summed E-state index contributed by atoms with van der Waals surface area (Å²) in [4.78, 5) is 0. The van der Waals surface area contributed by atoms with Crippen molar-refractivity contribution in [3.05, 3.63) is 42.2 Å². The SMILES string of the molecule is CS(=O)(=O)NCCOc1ccc(-c2ccc(F)cc2)nn1. The molecular formula is C13H14FN3O3S. The molecule has 0 spiro atoms. The lowest BCUT2D eigenvalue weighted by molar-refractivity contribution is 0.307. The second kappa shape index (κ2) is 6.59. The highest BCUT2D eigenvalue weighted by Crippen LogP contribution is 2.17. The minimum absolute atomic E-state index is 0.150. The topological polar surface area (TPSA) is 81.2 Å². The zero-order valence-electron chi connectivity index (χ0n) is 11.3. The fraction of sp³-hybridized carbons (Fsp3) is 0.231. The van der Waals surface area contributed by atoms with Gasteiger partial charge in [-0.25, -0.2) is 17.5 Å². The summed E-state index contributed by atoms with van der Waals surface area (Å²) in [7, 11) is -3.22. The van der Waals surface area contributed by atoms with Crippen molar-refractivity contribution in [1.29, 1.82) is 0 Å². The van der Waals surface area contributed by atoms with Crippen LogP contribution in [0.3, 0.4) is 0 Å². The van der Waals surface area contributed by atoms with Crippen LogP contribution in [0.2, 0.25) is 0 Å². The molecule has 0 atom stereocenters. The van der Waals surface area contributed by atoms with E-state index in [4.69, 9.17) is 4.74 Å². The van der Waals surface area contributed by atoms with Crippen molar-refractivity contribution in [3.8, 4) is 17.1 Å². The summed E-state index contributed by atoms with van der Waals surface area (Å²) in [5.41, 5.74) is 1.34. The fourth-order valence-corrected chi connectivity index (χ4v) is 2.01. The van der Waals surface area contributed by atoms with E-state index in [1.165, 1.54) is 12.1 Å². The number of hydrogen-bond acceptors (Lipinski definition) is 5. The van der Waals surface area contributed by atoms with Crippen molar-refractivity contribution in [2.24, 2.45) is 0 Å². The van der Waals surface area contributed by atoms with Crippen LogP contribution >= 0.6 is 0 Å². The minimum atomic E-state index is -3.22. The van der Waals surface area contributed by atoms with E-state index in [2.05, 4.69) is 14.9 Å². The molecule has 1 aromatic carbocycles. The first-order valence-corrected chi connectivity index (χ1v) is 8.00. The summed E-state index contributed by atoms with van der Waals surface area (Å²) in [6, 6.07) is 9.22. The summed E-state index contributed by atoms with van der Waals surface area (Å²) in [5, 5.41) is 7.84. The van der Waals surface area contributed by atoms with E-state index in [0.717, 1.165) is 11.8 Å². The van der Waals surface area contributed by atoms with E-state index < -0.39 is 10.0 Å². The van der Waals surface area contributed by atoms with Gasteiger partial charge in [0.05, 0.1) is 11.9 Å². The van der Waals surface area contributed by atoms with Gasteiger partial charge in [0.2, 0.25) is 15.9 Å². The standard InChI is InChI=1S/C13H14FN3O3S/c1-21(18,19)15-8-9-20-13-7-6-12(16-17-13)10-2-4-11(14)5-3-10/h2-7,15H,8-9H2,1H3. The second-order valence-corrected chi connectivity index (χ2v) is 6.11. The van der Waals surface area contributed by atoms with Gasteiger partial charge in [-0.2, -0.15) is 0 Å². The highest BCUT2D eigenvalue weighted by Gasteiger charge is 2.03. The molecule has 0 radical (unpaired) electrons. The van der Waals surface area contributed by atoms with E-state index >= 15 is 0 Å². The summed E-state index contributed by atoms with van der Waals surface area (Å²) in [5.74, 6) is -0.0267. The zero-order chi connectivity index (χ0) is 15.3. The smallest absolute Gasteiger partial charge is 0.233 e. The molecule has 2 rings (SSSR count). The van der Waals surface area contributed by atoms with Gasteiger partial charge >= 0.3 is 0 Å². The number of nitrogens with zero attached hydrogens (tertiary/aromatic N) is 2. The Bertz CT molecular complexity index is 688. The molecule has 0 amide bonds. The molecule has 8 heteroatoms. The molecule has 0 aliphatic rings. The van der Waals surface area contributed by atoms with Crippen molar-refractivity contribution < 1.29 is 17.5 Å². The van der Waals surface area contributed by atoms with Crippen molar-refractivity contribution in [2.45, 2.75) is 0 Å². The third-order valence-electron chi connectivity index (χ3n) is 2.50. The lowest BCUT2D eigenvalue weighted by Gasteiger charge is -2.06. The average Bonchev–Trinajstić information content (AvgIpc) is 2.44. The van der Waals surface area contributed by atoms with Gasteiger partial charge in [-0.1, -0.05) is 0 Å². The van der Waals surface area contributed by atoms with Crippen LogP contribution in [0, 0.1) is 5.82 Å². The molecule has 0 saturated carbocycles. The number of rotatable bonds is 6. The number of hydrogen-bond donors (Lipinski definition) is 1. The molecule has 6 nitrogen and oxygen atoms in total. The van der Waals surface area contributed by atoms with Crippen LogP contribution in [-0.2, 0) is 10.0 Å². The predicted octanol–water partition coefficient (Wildman–Crippen LogP) is 1.21. The Hall–Kier alpha value is -2.06. The maximum atomic E-state index is 12.8. The van der Waals surface area contributed by atoms with Crippen LogP contribution in [-0.4, -0.2) is 38.0 Å². The van der Waals surface area contributed by atoms with E-state index in [-0.39, 0.29) is 24.8 Å². The van der Waals surface area contributed by atoms with Crippen molar-refractivity contribution >= 4 is 10.0 Å². The van der Waals surface area contributed by atoms with Crippen LogP contribution < -0.4 is 9.46 Å². The molecule has 2 aromatic rings. The number of aromatic nitrogens is 2. The van der Waals surface area contributed by atoms with Crippen LogP contribution in [0.4, 0.5) is 4.39 Å². The molecule has 0 fully saturated rings. The molecular weight excluding hydrogens is 297 g/mol. The Labute approximate surface area is 122 Å². The van der Waals surface area contributed by atoms with E-state index in [1.54, 1.807) is 24.3 Å². The average molecular weight is 311 g/mol. The van der Waals surface area contributed by atoms with E-state index in [9.17, 15) is 12.8 Å². The highest BCUT2D eigenvalue weighted by atomic mass is 32.2. The molecule has 0 saturated heterocycles. The number of benzene rings is 1. The summed E-state index contributed by atoms with van der Waals surface area (Å²) < 4.78 is 42.1. The Morgan fingerprint density at radius 1 is 1.14 bits per heavy atom. The number of ether oxygens (including phenoxy) is 1. The summed E-state index contributed by atoms with van der Waals surface area (Å²) >= 11 is 0. The molecule has 1 heterocycles. The maximum Gasteiger partial charge on any atom is 0.233 e. The van der Waals surface area contributed by atoms with E-state index in [1.807, 2.05) is 0 Å². The summed E-state index contributed by atoms with van der Waals surface area (Å²) in [6.07, 6.45) is 1.07. The first-order valence-electron chi connectivity index (χ1n) is 6.11. The molecule has 0 bridgehead atoms. The van der Waals surface area contributed by atoms with Crippen LogP contribution in [0.15, 0.2) is 36.4 Å². The first kappa shape index (κ1) is 15.3. The molecule has 112 valence electrons. The number of nitrogens with one attached hydrogen (secondary N) is 1.